The van der Waals surface area contributed by atoms with E-state index in [9.17, 15) is 0 Å². The Morgan fingerprint density at radius 1 is 1.26 bits per heavy atom. The fourth-order valence-electron chi connectivity index (χ4n) is 4.50. The summed E-state index contributed by atoms with van der Waals surface area (Å²) >= 11 is 0. The summed E-state index contributed by atoms with van der Waals surface area (Å²) < 4.78 is 5.78. The zero-order valence-electron chi connectivity index (χ0n) is 13.8. The first-order valence-corrected chi connectivity index (χ1v) is 8.13. The maximum Gasteiger partial charge on any atom is 0.0785 e. The molecule has 0 saturated heterocycles. The Bertz CT molecular complexity index is 359. The molecule has 2 aliphatic rings. The van der Waals surface area contributed by atoms with Crippen LogP contribution in [-0.4, -0.2) is 13.2 Å². The van der Waals surface area contributed by atoms with Crippen molar-refractivity contribution >= 4 is 0 Å². The van der Waals surface area contributed by atoms with Crippen LogP contribution in [0.25, 0.3) is 0 Å². The van der Waals surface area contributed by atoms with E-state index in [2.05, 4.69) is 40.7 Å². The zero-order chi connectivity index (χ0) is 14.3. The van der Waals surface area contributed by atoms with E-state index in [0.29, 0.717) is 22.9 Å². The van der Waals surface area contributed by atoms with Gasteiger partial charge in [0.05, 0.1) is 6.10 Å². The molecule has 0 spiro atoms. The summed E-state index contributed by atoms with van der Waals surface area (Å²) in [5.41, 5.74) is 2.64. The Morgan fingerprint density at radius 2 is 1.95 bits per heavy atom. The van der Waals surface area contributed by atoms with Gasteiger partial charge in [-0.1, -0.05) is 52.7 Å². The number of hydrogen-bond acceptors (Lipinski definition) is 1. The fraction of sp³-hybridized carbons (Fsp3) is 0.889. The van der Waals surface area contributed by atoms with E-state index in [1.807, 2.05) is 7.11 Å². The summed E-state index contributed by atoms with van der Waals surface area (Å²) in [7, 11) is 1.87. The van der Waals surface area contributed by atoms with Crippen LogP contribution in [0.4, 0.5) is 0 Å². The molecule has 0 N–H and O–H groups in total. The number of methoxy groups -OCH3 is 1. The highest BCUT2D eigenvalue weighted by Crippen LogP contribution is 2.56. The summed E-state index contributed by atoms with van der Waals surface area (Å²) in [5.74, 6) is 1.42. The minimum absolute atomic E-state index is 0.315. The lowest BCUT2D eigenvalue weighted by atomic mass is 9.53. The predicted octanol–water partition coefficient (Wildman–Crippen LogP) is 5.21. The van der Waals surface area contributed by atoms with Crippen LogP contribution in [0.2, 0.25) is 0 Å². The summed E-state index contributed by atoms with van der Waals surface area (Å²) in [6.45, 7) is 12.1. The van der Waals surface area contributed by atoms with Gasteiger partial charge in [0.15, 0.2) is 0 Å². The highest BCUT2D eigenvalue weighted by atomic mass is 16.5. The predicted molar refractivity (Wildman–Crippen MR) is 82.2 cm³/mol. The van der Waals surface area contributed by atoms with E-state index in [0.717, 1.165) is 5.92 Å². The lowest BCUT2D eigenvalue weighted by molar-refractivity contribution is -0.0251. The average molecular weight is 264 g/mol. The number of rotatable bonds is 3. The van der Waals surface area contributed by atoms with Crippen molar-refractivity contribution in [3.05, 3.63) is 11.6 Å². The van der Waals surface area contributed by atoms with Gasteiger partial charge in [0.2, 0.25) is 0 Å². The largest absolute Gasteiger partial charge is 0.377 e. The molecule has 0 amide bonds. The summed E-state index contributed by atoms with van der Waals surface area (Å²) in [6, 6.07) is 0. The molecule has 19 heavy (non-hydrogen) atoms. The molecule has 0 aromatic heterocycles. The van der Waals surface area contributed by atoms with Gasteiger partial charge in [-0.05, 0) is 48.3 Å². The molecule has 1 fully saturated rings. The van der Waals surface area contributed by atoms with Crippen LogP contribution in [0.3, 0.4) is 0 Å². The van der Waals surface area contributed by atoms with E-state index in [4.69, 9.17) is 4.74 Å². The van der Waals surface area contributed by atoms with Gasteiger partial charge in [0, 0.05) is 7.11 Å². The monoisotopic (exact) mass is 264 g/mol. The third-order valence-electron chi connectivity index (χ3n) is 6.71. The Kier molecular flexibility index (Phi) is 4.16. The molecule has 1 heteroatoms. The SMILES string of the molecule is CCC1(C)CCC2C(=CC(OC)C(C)C2(C)CC)C1. The van der Waals surface area contributed by atoms with Crippen molar-refractivity contribution in [1.82, 2.24) is 0 Å². The van der Waals surface area contributed by atoms with Crippen LogP contribution in [0.15, 0.2) is 11.6 Å². The Morgan fingerprint density at radius 3 is 2.47 bits per heavy atom. The van der Waals surface area contributed by atoms with E-state index in [1.165, 1.54) is 32.1 Å². The molecular weight excluding hydrogens is 232 g/mol. The van der Waals surface area contributed by atoms with Crippen LogP contribution in [-0.2, 0) is 4.74 Å². The van der Waals surface area contributed by atoms with Crippen molar-refractivity contribution in [3.8, 4) is 0 Å². The van der Waals surface area contributed by atoms with Gasteiger partial charge in [-0.15, -0.1) is 0 Å². The zero-order valence-corrected chi connectivity index (χ0v) is 13.8. The number of hydrogen-bond donors (Lipinski definition) is 0. The van der Waals surface area contributed by atoms with Crippen LogP contribution < -0.4 is 0 Å². The van der Waals surface area contributed by atoms with E-state index < -0.39 is 0 Å². The molecule has 0 radical (unpaired) electrons. The van der Waals surface area contributed by atoms with Gasteiger partial charge in [-0.3, -0.25) is 0 Å². The molecule has 2 aliphatic carbocycles. The van der Waals surface area contributed by atoms with Crippen molar-refractivity contribution in [2.45, 2.75) is 72.8 Å². The second kappa shape index (κ2) is 5.24. The first kappa shape index (κ1) is 15.1. The van der Waals surface area contributed by atoms with Crippen molar-refractivity contribution in [2.75, 3.05) is 7.11 Å². The summed E-state index contributed by atoms with van der Waals surface area (Å²) in [6.07, 6.45) is 9.41. The van der Waals surface area contributed by atoms with Gasteiger partial charge < -0.3 is 4.74 Å². The third-order valence-corrected chi connectivity index (χ3v) is 6.71. The molecule has 0 aromatic rings. The maximum absolute atomic E-state index is 5.78. The van der Waals surface area contributed by atoms with Gasteiger partial charge in [0.1, 0.15) is 0 Å². The van der Waals surface area contributed by atoms with Crippen LogP contribution in [0.1, 0.15) is 66.7 Å². The number of allylic oxidation sites excluding steroid dienone is 1. The van der Waals surface area contributed by atoms with Crippen molar-refractivity contribution in [2.24, 2.45) is 22.7 Å². The second-order valence-corrected chi connectivity index (χ2v) is 7.52. The molecule has 0 bridgehead atoms. The second-order valence-electron chi connectivity index (χ2n) is 7.52. The van der Waals surface area contributed by atoms with Gasteiger partial charge in [-0.2, -0.15) is 0 Å². The highest BCUT2D eigenvalue weighted by Gasteiger charge is 2.48. The quantitative estimate of drug-likeness (QED) is 0.636. The smallest absolute Gasteiger partial charge is 0.0785 e. The van der Waals surface area contributed by atoms with E-state index in [-0.39, 0.29) is 0 Å². The van der Waals surface area contributed by atoms with Gasteiger partial charge in [-0.25, -0.2) is 0 Å². The summed E-state index contributed by atoms with van der Waals surface area (Å²) in [4.78, 5) is 0. The molecule has 5 unspecified atom stereocenters. The first-order chi connectivity index (χ1) is 8.90. The molecule has 2 rings (SSSR count). The third kappa shape index (κ3) is 2.39. The van der Waals surface area contributed by atoms with Crippen molar-refractivity contribution in [3.63, 3.8) is 0 Å². The molecule has 110 valence electrons. The number of ether oxygens (including phenoxy) is 1. The van der Waals surface area contributed by atoms with Crippen molar-refractivity contribution < 1.29 is 4.74 Å². The van der Waals surface area contributed by atoms with E-state index >= 15 is 0 Å². The van der Waals surface area contributed by atoms with Crippen LogP contribution >= 0.6 is 0 Å². The fourth-order valence-corrected chi connectivity index (χ4v) is 4.50. The van der Waals surface area contributed by atoms with Crippen LogP contribution in [0.5, 0.6) is 0 Å². The molecule has 0 aliphatic heterocycles. The summed E-state index contributed by atoms with van der Waals surface area (Å²) in [5, 5.41) is 0. The topological polar surface area (TPSA) is 9.23 Å². The first-order valence-electron chi connectivity index (χ1n) is 8.13. The Labute approximate surface area is 119 Å². The Balaban J connectivity index is 2.35. The van der Waals surface area contributed by atoms with Gasteiger partial charge >= 0.3 is 0 Å². The van der Waals surface area contributed by atoms with Crippen molar-refractivity contribution in [1.29, 1.82) is 0 Å². The molecular formula is C18H32O. The molecule has 1 nitrogen and oxygen atoms in total. The minimum Gasteiger partial charge on any atom is -0.377 e. The normalized spacial score (nSPS) is 46.6. The van der Waals surface area contributed by atoms with Gasteiger partial charge in [0.25, 0.3) is 0 Å². The lowest BCUT2D eigenvalue weighted by Gasteiger charge is -2.53. The average Bonchev–Trinajstić information content (AvgIpc) is 2.42. The molecule has 0 aromatic carbocycles. The lowest BCUT2D eigenvalue weighted by Crippen LogP contribution is -2.47. The maximum atomic E-state index is 5.78. The highest BCUT2D eigenvalue weighted by molar-refractivity contribution is 5.23. The number of fused-ring (bicyclic) bond motifs is 1. The molecule has 5 atom stereocenters. The van der Waals surface area contributed by atoms with Crippen LogP contribution in [0, 0.1) is 22.7 Å². The van der Waals surface area contributed by atoms with E-state index in [1.54, 1.807) is 5.57 Å². The standard InChI is InChI=1S/C18H32O/c1-7-17(4)10-9-15-14(12-17)11-16(19-6)13(3)18(15,5)8-2/h11,13,15-16H,7-10,12H2,1-6H3. The Hall–Kier alpha value is -0.300. The minimum atomic E-state index is 0.315. The molecule has 0 heterocycles. The molecule has 1 saturated carbocycles.